The lowest BCUT2D eigenvalue weighted by atomic mass is 10.2. The molecule has 0 aliphatic carbocycles. The van der Waals surface area contributed by atoms with Crippen molar-refractivity contribution in [3.05, 3.63) is 28.8 Å². The highest BCUT2D eigenvalue weighted by Crippen LogP contribution is 2.26. The van der Waals surface area contributed by atoms with Crippen molar-refractivity contribution < 1.29 is 9.90 Å². The van der Waals surface area contributed by atoms with Gasteiger partial charge in [0, 0.05) is 23.7 Å². The predicted molar refractivity (Wildman–Crippen MR) is 68.1 cm³/mol. The predicted octanol–water partition coefficient (Wildman–Crippen LogP) is 1.61. The molecule has 94 valence electrons. The number of aromatic hydroxyl groups is 1. The molecule has 0 fully saturated rings. The molecule has 0 bridgehead atoms. The smallest absolute Gasteiger partial charge is 0.234 e. The highest BCUT2D eigenvalue weighted by molar-refractivity contribution is 6.31. The van der Waals surface area contributed by atoms with E-state index in [1.54, 1.807) is 30.1 Å². The van der Waals surface area contributed by atoms with Crippen LogP contribution in [-0.4, -0.2) is 36.1 Å². The molecule has 0 aliphatic rings. The molecule has 0 aliphatic heterocycles. The second kappa shape index (κ2) is 6.47. The fourth-order valence-corrected chi connectivity index (χ4v) is 1.76. The average Bonchev–Trinajstić information content (AvgIpc) is 2.24. The van der Waals surface area contributed by atoms with Gasteiger partial charge in [-0.05, 0) is 26.1 Å². The van der Waals surface area contributed by atoms with Crippen LogP contribution < -0.4 is 5.32 Å². The van der Waals surface area contributed by atoms with Gasteiger partial charge >= 0.3 is 0 Å². The van der Waals surface area contributed by atoms with Gasteiger partial charge in [0.15, 0.2) is 0 Å². The third kappa shape index (κ3) is 4.24. The molecule has 1 aromatic rings. The Morgan fingerprint density at radius 3 is 2.82 bits per heavy atom. The number of phenolic OH excluding ortho intramolecular Hbond substituents is 1. The summed E-state index contributed by atoms with van der Waals surface area (Å²) in [5.41, 5.74) is 0.640. The molecule has 1 amide bonds. The van der Waals surface area contributed by atoms with Crippen molar-refractivity contribution in [1.82, 2.24) is 10.2 Å². The van der Waals surface area contributed by atoms with E-state index in [0.717, 1.165) is 0 Å². The number of halogens is 1. The number of rotatable bonds is 5. The Morgan fingerprint density at radius 1 is 1.53 bits per heavy atom. The minimum absolute atomic E-state index is 0.0402. The zero-order valence-electron chi connectivity index (χ0n) is 10.0. The van der Waals surface area contributed by atoms with Gasteiger partial charge in [0.1, 0.15) is 5.75 Å². The number of nitrogens with one attached hydrogen (secondary N) is 1. The van der Waals surface area contributed by atoms with E-state index in [2.05, 4.69) is 5.32 Å². The van der Waals surface area contributed by atoms with Crippen LogP contribution in [0.1, 0.15) is 12.5 Å². The molecule has 0 saturated carbocycles. The number of nitrogens with zero attached hydrogens (tertiary/aromatic N) is 1. The Hall–Kier alpha value is -1.26. The van der Waals surface area contributed by atoms with Gasteiger partial charge < -0.3 is 10.4 Å². The Labute approximate surface area is 106 Å². The lowest BCUT2D eigenvalue weighted by Crippen LogP contribution is -2.34. The molecule has 1 aromatic carbocycles. The maximum Gasteiger partial charge on any atom is 0.234 e. The van der Waals surface area contributed by atoms with Crippen LogP contribution in [0.3, 0.4) is 0 Å². The number of benzene rings is 1. The third-order valence-electron chi connectivity index (χ3n) is 2.31. The second-order valence-electron chi connectivity index (χ2n) is 3.86. The summed E-state index contributed by atoms with van der Waals surface area (Å²) in [5.74, 6) is 0.113. The number of carbonyl (C=O) groups excluding carboxylic acids is 1. The zero-order chi connectivity index (χ0) is 12.8. The van der Waals surface area contributed by atoms with E-state index in [4.69, 9.17) is 11.6 Å². The van der Waals surface area contributed by atoms with Crippen molar-refractivity contribution in [3.63, 3.8) is 0 Å². The van der Waals surface area contributed by atoms with Crippen LogP contribution in [0.4, 0.5) is 0 Å². The van der Waals surface area contributed by atoms with Gasteiger partial charge in [-0.1, -0.05) is 17.7 Å². The molecule has 0 unspecified atom stereocenters. The van der Waals surface area contributed by atoms with Crippen molar-refractivity contribution in [1.29, 1.82) is 0 Å². The lowest BCUT2D eigenvalue weighted by Gasteiger charge is -2.17. The van der Waals surface area contributed by atoms with Crippen LogP contribution >= 0.6 is 11.6 Å². The van der Waals surface area contributed by atoms with Gasteiger partial charge in [0.2, 0.25) is 5.91 Å². The Balaban J connectivity index is 2.62. The largest absolute Gasteiger partial charge is 0.508 e. The summed E-state index contributed by atoms with van der Waals surface area (Å²) in [5, 5.41) is 12.9. The first-order chi connectivity index (χ1) is 8.04. The summed E-state index contributed by atoms with van der Waals surface area (Å²) < 4.78 is 0. The molecule has 5 heteroatoms. The van der Waals surface area contributed by atoms with Crippen LogP contribution in [0.2, 0.25) is 5.02 Å². The van der Waals surface area contributed by atoms with Gasteiger partial charge in [-0.15, -0.1) is 0 Å². The molecule has 0 atom stereocenters. The minimum Gasteiger partial charge on any atom is -0.508 e. The van der Waals surface area contributed by atoms with E-state index in [9.17, 15) is 9.90 Å². The molecule has 1 rings (SSSR count). The Kier molecular flexibility index (Phi) is 5.25. The molecule has 0 saturated heterocycles. The standard InChI is InChI=1S/C12H17ClN2O2/c1-3-14-12(17)8-15(2)7-9-10(13)5-4-6-11(9)16/h4-6,16H,3,7-8H2,1-2H3,(H,14,17). The van der Waals surface area contributed by atoms with Crippen LogP contribution in [0, 0.1) is 0 Å². The first-order valence-electron chi connectivity index (χ1n) is 5.46. The van der Waals surface area contributed by atoms with E-state index in [-0.39, 0.29) is 18.2 Å². The zero-order valence-corrected chi connectivity index (χ0v) is 10.8. The number of likely N-dealkylation sites (N-methyl/N-ethyl adjacent to an activating group) is 2. The van der Waals surface area contributed by atoms with Gasteiger partial charge in [0.05, 0.1) is 6.54 Å². The van der Waals surface area contributed by atoms with E-state index < -0.39 is 0 Å². The Morgan fingerprint density at radius 2 is 2.24 bits per heavy atom. The number of carbonyl (C=O) groups is 1. The quantitative estimate of drug-likeness (QED) is 0.842. The number of hydrogen-bond acceptors (Lipinski definition) is 3. The van der Waals surface area contributed by atoms with Gasteiger partial charge in [-0.2, -0.15) is 0 Å². The maximum absolute atomic E-state index is 11.4. The van der Waals surface area contributed by atoms with Crippen LogP contribution in [0.15, 0.2) is 18.2 Å². The highest BCUT2D eigenvalue weighted by Gasteiger charge is 2.11. The first-order valence-corrected chi connectivity index (χ1v) is 5.84. The molecule has 0 heterocycles. The van der Waals surface area contributed by atoms with Crippen LogP contribution in [-0.2, 0) is 11.3 Å². The van der Waals surface area contributed by atoms with E-state index >= 15 is 0 Å². The first kappa shape index (κ1) is 13.8. The van der Waals surface area contributed by atoms with Crippen LogP contribution in [0.25, 0.3) is 0 Å². The summed E-state index contributed by atoms with van der Waals surface area (Å²) in [7, 11) is 1.80. The molecule has 0 spiro atoms. The normalized spacial score (nSPS) is 10.6. The van der Waals surface area contributed by atoms with Gasteiger partial charge in [0.25, 0.3) is 0 Å². The molecule has 4 nitrogen and oxygen atoms in total. The third-order valence-corrected chi connectivity index (χ3v) is 2.66. The fraction of sp³-hybridized carbons (Fsp3) is 0.417. The van der Waals surface area contributed by atoms with E-state index in [1.165, 1.54) is 0 Å². The molecule has 0 radical (unpaired) electrons. The van der Waals surface area contributed by atoms with E-state index in [1.807, 2.05) is 6.92 Å². The molecule has 2 N–H and O–H groups in total. The summed E-state index contributed by atoms with van der Waals surface area (Å²) in [6.07, 6.45) is 0. The summed E-state index contributed by atoms with van der Waals surface area (Å²) >= 11 is 5.98. The number of hydrogen-bond donors (Lipinski definition) is 2. The summed E-state index contributed by atoms with van der Waals surface area (Å²) in [6, 6.07) is 4.99. The number of phenols is 1. The molecular formula is C12H17ClN2O2. The summed E-state index contributed by atoms with van der Waals surface area (Å²) in [4.78, 5) is 13.2. The van der Waals surface area contributed by atoms with Crippen LogP contribution in [0.5, 0.6) is 5.75 Å². The topological polar surface area (TPSA) is 52.6 Å². The number of amides is 1. The van der Waals surface area contributed by atoms with Crippen molar-refractivity contribution in [2.45, 2.75) is 13.5 Å². The highest BCUT2D eigenvalue weighted by atomic mass is 35.5. The van der Waals surface area contributed by atoms with Crippen molar-refractivity contribution in [2.24, 2.45) is 0 Å². The minimum atomic E-state index is -0.0402. The average molecular weight is 257 g/mol. The van der Waals surface area contributed by atoms with Crippen molar-refractivity contribution in [3.8, 4) is 5.75 Å². The molecule has 17 heavy (non-hydrogen) atoms. The molecular weight excluding hydrogens is 240 g/mol. The molecule has 0 aromatic heterocycles. The van der Waals surface area contributed by atoms with Crippen molar-refractivity contribution >= 4 is 17.5 Å². The second-order valence-corrected chi connectivity index (χ2v) is 4.27. The fourth-order valence-electron chi connectivity index (χ4n) is 1.53. The monoisotopic (exact) mass is 256 g/mol. The lowest BCUT2D eigenvalue weighted by molar-refractivity contribution is -0.121. The van der Waals surface area contributed by atoms with Crippen molar-refractivity contribution in [2.75, 3.05) is 20.1 Å². The van der Waals surface area contributed by atoms with Gasteiger partial charge in [-0.25, -0.2) is 0 Å². The Bertz CT molecular complexity index is 376. The van der Waals surface area contributed by atoms with Gasteiger partial charge in [-0.3, -0.25) is 9.69 Å². The van der Waals surface area contributed by atoms with E-state index in [0.29, 0.717) is 23.7 Å². The maximum atomic E-state index is 11.4. The summed E-state index contributed by atoms with van der Waals surface area (Å²) in [6.45, 7) is 3.20. The SMILES string of the molecule is CCNC(=O)CN(C)Cc1c(O)cccc1Cl.